The van der Waals surface area contributed by atoms with E-state index in [9.17, 15) is 10.1 Å². The molecule has 0 atom stereocenters. The number of rotatable bonds is 5. The highest BCUT2D eigenvalue weighted by atomic mass is 35.5. The van der Waals surface area contributed by atoms with Gasteiger partial charge >= 0.3 is 0 Å². The molecule has 0 aliphatic heterocycles. The van der Waals surface area contributed by atoms with Crippen molar-refractivity contribution < 1.29 is 4.92 Å². The molecule has 110 valence electrons. The number of benzene rings is 2. The fourth-order valence-corrected chi connectivity index (χ4v) is 2.47. The van der Waals surface area contributed by atoms with Crippen molar-refractivity contribution in [1.29, 1.82) is 0 Å². The molecule has 0 fully saturated rings. The van der Waals surface area contributed by atoms with E-state index in [1.807, 2.05) is 13.0 Å². The SMILES string of the molecule is Cc1ccc([N+](=O)[O-])cc1NCCc1ccc(Cl)cc1Cl. The molecule has 0 radical (unpaired) electrons. The third kappa shape index (κ3) is 4.09. The number of hydrogen-bond donors (Lipinski definition) is 1. The Morgan fingerprint density at radius 2 is 1.95 bits per heavy atom. The van der Waals surface area contributed by atoms with Gasteiger partial charge < -0.3 is 5.32 Å². The first-order valence-electron chi connectivity index (χ1n) is 6.40. The van der Waals surface area contributed by atoms with Gasteiger partial charge in [0.15, 0.2) is 0 Å². The molecule has 0 saturated heterocycles. The third-order valence-corrected chi connectivity index (χ3v) is 3.74. The number of hydrogen-bond acceptors (Lipinski definition) is 3. The lowest BCUT2D eigenvalue weighted by molar-refractivity contribution is -0.384. The van der Waals surface area contributed by atoms with Crippen LogP contribution in [0.25, 0.3) is 0 Å². The summed E-state index contributed by atoms with van der Waals surface area (Å²) in [5.74, 6) is 0. The molecular formula is C15H14Cl2N2O2. The van der Waals surface area contributed by atoms with Gasteiger partial charge in [0.25, 0.3) is 5.69 Å². The topological polar surface area (TPSA) is 55.2 Å². The molecule has 2 aromatic carbocycles. The summed E-state index contributed by atoms with van der Waals surface area (Å²) in [5.41, 5.74) is 2.78. The van der Waals surface area contributed by atoms with Crippen LogP contribution in [-0.4, -0.2) is 11.5 Å². The predicted octanol–water partition coefficient (Wildman–Crippen LogP) is 4.86. The Balaban J connectivity index is 2.03. The summed E-state index contributed by atoms with van der Waals surface area (Å²) in [6, 6.07) is 10.1. The Hall–Kier alpha value is -1.78. The van der Waals surface area contributed by atoms with E-state index in [1.165, 1.54) is 6.07 Å². The van der Waals surface area contributed by atoms with Crippen molar-refractivity contribution >= 4 is 34.6 Å². The largest absolute Gasteiger partial charge is 0.384 e. The van der Waals surface area contributed by atoms with Gasteiger partial charge in [-0.1, -0.05) is 35.3 Å². The van der Waals surface area contributed by atoms with E-state index in [1.54, 1.807) is 24.3 Å². The number of nitro groups is 1. The van der Waals surface area contributed by atoms with E-state index in [0.29, 0.717) is 23.0 Å². The molecule has 0 aliphatic rings. The summed E-state index contributed by atoms with van der Waals surface area (Å²) < 4.78 is 0. The van der Waals surface area contributed by atoms with Gasteiger partial charge in [-0.15, -0.1) is 0 Å². The van der Waals surface area contributed by atoms with E-state index in [0.717, 1.165) is 16.8 Å². The molecule has 2 aromatic rings. The zero-order valence-electron chi connectivity index (χ0n) is 11.4. The van der Waals surface area contributed by atoms with Crippen molar-refractivity contribution in [1.82, 2.24) is 0 Å². The molecule has 1 N–H and O–H groups in total. The van der Waals surface area contributed by atoms with Crippen LogP contribution in [0, 0.1) is 17.0 Å². The minimum Gasteiger partial charge on any atom is -0.384 e. The second-order valence-electron chi connectivity index (χ2n) is 4.67. The average molecular weight is 325 g/mol. The van der Waals surface area contributed by atoms with Crippen molar-refractivity contribution in [2.24, 2.45) is 0 Å². The van der Waals surface area contributed by atoms with Gasteiger partial charge in [0.2, 0.25) is 0 Å². The fraction of sp³-hybridized carbons (Fsp3) is 0.200. The van der Waals surface area contributed by atoms with Crippen LogP contribution in [0.15, 0.2) is 36.4 Å². The van der Waals surface area contributed by atoms with Crippen molar-refractivity contribution in [2.45, 2.75) is 13.3 Å². The standard InChI is InChI=1S/C15H14Cl2N2O2/c1-10-2-5-13(19(20)21)9-15(10)18-7-6-11-3-4-12(16)8-14(11)17/h2-5,8-9,18H,6-7H2,1H3. The molecule has 0 heterocycles. The van der Waals surface area contributed by atoms with Crippen molar-refractivity contribution in [3.8, 4) is 0 Å². The fourth-order valence-electron chi connectivity index (χ4n) is 1.97. The zero-order valence-corrected chi connectivity index (χ0v) is 12.9. The smallest absolute Gasteiger partial charge is 0.271 e. The summed E-state index contributed by atoms with van der Waals surface area (Å²) >= 11 is 12.0. The van der Waals surface area contributed by atoms with Gasteiger partial charge in [-0.25, -0.2) is 0 Å². The predicted molar refractivity (Wildman–Crippen MR) is 86.5 cm³/mol. The number of non-ortho nitro benzene ring substituents is 1. The van der Waals surface area contributed by atoms with Crippen LogP contribution in [0.1, 0.15) is 11.1 Å². The Kier molecular flexibility index (Phi) is 5.04. The van der Waals surface area contributed by atoms with Crippen LogP contribution in [0.2, 0.25) is 10.0 Å². The van der Waals surface area contributed by atoms with E-state index in [-0.39, 0.29) is 5.69 Å². The summed E-state index contributed by atoms with van der Waals surface area (Å²) in [4.78, 5) is 10.4. The summed E-state index contributed by atoms with van der Waals surface area (Å²) in [6.45, 7) is 2.53. The van der Waals surface area contributed by atoms with E-state index in [2.05, 4.69) is 5.32 Å². The normalized spacial score (nSPS) is 10.4. The second kappa shape index (κ2) is 6.78. The van der Waals surface area contributed by atoms with Crippen molar-refractivity contribution in [2.75, 3.05) is 11.9 Å². The van der Waals surface area contributed by atoms with Gasteiger partial charge in [-0.05, 0) is 36.6 Å². The molecule has 0 aliphatic carbocycles. The Morgan fingerprint density at radius 3 is 2.62 bits per heavy atom. The average Bonchev–Trinajstić information content (AvgIpc) is 2.43. The first-order valence-corrected chi connectivity index (χ1v) is 7.16. The highest BCUT2D eigenvalue weighted by Gasteiger charge is 2.08. The molecule has 0 bridgehead atoms. The number of anilines is 1. The summed E-state index contributed by atoms with van der Waals surface area (Å²) in [5, 5.41) is 15.2. The Labute approximate surface area is 132 Å². The monoisotopic (exact) mass is 324 g/mol. The van der Waals surface area contributed by atoms with Crippen LogP contribution >= 0.6 is 23.2 Å². The zero-order chi connectivity index (χ0) is 15.4. The molecule has 0 saturated carbocycles. The maximum atomic E-state index is 10.8. The molecule has 0 spiro atoms. The van der Waals surface area contributed by atoms with E-state index < -0.39 is 4.92 Å². The van der Waals surface area contributed by atoms with Crippen LogP contribution in [0.3, 0.4) is 0 Å². The van der Waals surface area contributed by atoms with Crippen LogP contribution in [0.5, 0.6) is 0 Å². The Bertz CT molecular complexity index is 675. The van der Waals surface area contributed by atoms with Crippen LogP contribution < -0.4 is 5.32 Å². The molecule has 0 amide bonds. The van der Waals surface area contributed by atoms with Gasteiger partial charge in [0, 0.05) is 34.4 Å². The number of halogens is 2. The lowest BCUT2D eigenvalue weighted by Crippen LogP contribution is -2.06. The van der Waals surface area contributed by atoms with Gasteiger partial charge in [0.05, 0.1) is 4.92 Å². The quantitative estimate of drug-likeness (QED) is 0.630. The number of nitrogens with one attached hydrogen (secondary N) is 1. The highest BCUT2D eigenvalue weighted by molar-refractivity contribution is 6.35. The highest BCUT2D eigenvalue weighted by Crippen LogP contribution is 2.23. The van der Waals surface area contributed by atoms with E-state index in [4.69, 9.17) is 23.2 Å². The van der Waals surface area contributed by atoms with Crippen LogP contribution in [-0.2, 0) is 6.42 Å². The third-order valence-electron chi connectivity index (χ3n) is 3.16. The van der Waals surface area contributed by atoms with Crippen molar-refractivity contribution in [3.05, 3.63) is 67.7 Å². The van der Waals surface area contributed by atoms with Crippen LogP contribution in [0.4, 0.5) is 11.4 Å². The molecule has 2 rings (SSSR count). The Morgan fingerprint density at radius 1 is 1.19 bits per heavy atom. The molecular weight excluding hydrogens is 311 g/mol. The van der Waals surface area contributed by atoms with E-state index >= 15 is 0 Å². The van der Waals surface area contributed by atoms with Gasteiger partial charge in [0.1, 0.15) is 0 Å². The lowest BCUT2D eigenvalue weighted by atomic mass is 10.1. The number of nitrogens with zero attached hydrogens (tertiary/aromatic N) is 1. The van der Waals surface area contributed by atoms with Gasteiger partial charge in [-0.2, -0.15) is 0 Å². The molecule has 21 heavy (non-hydrogen) atoms. The molecule has 4 nitrogen and oxygen atoms in total. The summed E-state index contributed by atoms with van der Waals surface area (Å²) in [6.07, 6.45) is 0.706. The maximum Gasteiger partial charge on any atom is 0.271 e. The number of aryl methyl sites for hydroxylation is 1. The molecule has 0 unspecified atom stereocenters. The minimum absolute atomic E-state index is 0.0765. The maximum absolute atomic E-state index is 10.8. The first kappa shape index (κ1) is 15.6. The first-order chi connectivity index (χ1) is 9.97. The van der Waals surface area contributed by atoms with Crippen molar-refractivity contribution in [3.63, 3.8) is 0 Å². The lowest BCUT2D eigenvalue weighted by Gasteiger charge is -2.10. The molecule has 0 aromatic heterocycles. The second-order valence-corrected chi connectivity index (χ2v) is 5.51. The van der Waals surface area contributed by atoms with Gasteiger partial charge in [-0.3, -0.25) is 10.1 Å². The molecule has 6 heteroatoms. The summed E-state index contributed by atoms with van der Waals surface area (Å²) in [7, 11) is 0. The number of nitro benzene ring substituents is 1. The minimum atomic E-state index is -0.402.